The van der Waals surface area contributed by atoms with Crippen LogP contribution in [0.25, 0.3) is 0 Å². The van der Waals surface area contributed by atoms with Crippen LogP contribution in [0.5, 0.6) is 0 Å². The first-order valence-corrected chi connectivity index (χ1v) is 5.55. The van der Waals surface area contributed by atoms with Crippen molar-refractivity contribution in [1.82, 2.24) is 0 Å². The molecule has 1 rings (SSSR count). The monoisotopic (exact) mass is 217 g/mol. The highest BCUT2D eigenvalue weighted by Crippen LogP contribution is 2.39. The Bertz CT molecular complexity index is 211. The molecule has 15 heavy (non-hydrogen) atoms. The molecule has 4 heteroatoms. The summed E-state index contributed by atoms with van der Waals surface area (Å²) in [5, 5.41) is 0. The smallest absolute Gasteiger partial charge is 0.316 e. The van der Waals surface area contributed by atoms with E-state index in [4.69, 9.17) is 10.5 Å². The first-order valence-electron chi connectivity index (χ1n) is 5.55. The van der Waals surface area contributed by atoms with Crippen molar-refractivity contribution >= 4 is 5.97 Å². The molecule has 0 aromatic heterocycles. The number of hydrogen-bond donors (Lipinski definition) is 1. The molecule has 0 aliphatic heterocycles. The molecule has 1 aliphatic carbocycles. The molecule has 0 aromatic rings. The maximum absolute atomic E-state index is 13.2. The molecule has 1 saturated carbocycles. The topological polar surface area (TPSA) is 52.3 Å². The average molecular weight is 217 g/mol. The zero-order valence-corrected chi connectivity index (χ0v) is 9.30. The minimum atomic E-state index is -1.09. The van der Waals surface area contributed by atoms with Gasteiger partial charge in [-0.15, -0.1) is 0 Å². The lowest BCUT2D eigenvalue weighted by Crippen LogP contribution is -2.48. The van der Waals surface area contributed by atoms with Crippen molar-refractivity contribution in [2.45, 2.75) is 32.1 Å². The van der Waals surface area contributed by atoms with Crippen LogP contribution in [0, 0.1) is 11.3 Å². The van der Waals surface area contributed by atoms with Crippen LogP contribution in [0.3, 0.4) is 0 Å². The Hall–Kier alpha value is -0.640. The molecule has 0 bridgehead atoms. The van der Waals surface area contributed by atoms with Gasteiger partial charge in [0.05, 0.1) is 7.11 Å². The molecule has 0 saturated heterocycles. The SMILES string of the molecule is COC(=O)C(CN)(CF)C1CCCCC1. The number of carbonyl (C=O) groups is 1. The van der Waals surface area contributed by atoms with Crippen molar-refractivity contribution in [3.05, 3.63) is 0 Å². The van der Waals surface area contributed by atoms with Gasteiger partial charge in [0.1, 0.15) is 12.1 Å². The van der Waals surface area contributed by atoms with E-state index < -0.39 is 18.1 Å². The number of hydrogen-bond acceptors (Lipinski definition) is 3. The molecule has 0 aromatic carbocycles. The van der Waals surface area contributed by atoms with Gasteiger partial charge in [-0.2, -0.15) is 0 Å². The van der Waals surface area contributed by atoms with E-state index in [0.29, 0.717) is 0 Å². The fraction of sp³-hybridized carbons (Fsp3) is 0.909. The van der Waals surface area contributed by atoms with Gasteiger partial charge in [0, 0.05) is 6.54 Å². The molecular weight excluding hydrogens is 197 g/mol. The lowest BCUT2D eigenvalue weighted by molar-refractivity contribution is -0.158. The zero-order chi connectivity index (χ0) is 11.3. The van der Waals surface area contributed by atoms with Gasteiger partial charge in [-0.25, -0.2) is 4.39 Å². The molecule has 88 valence electrons. The number of halogens is 1. The van der Waals surface area contributed by atoms with E-state index in [2.05, 4.69) is 0 Å². The fourth-order valence-corrected chi connectivity index (χ4v) is 2.49. The highest BCUT2D eigenvalue weighted by atomic mass is 19.1. The highest BCUT2D eigenvalue weighted by Gasteiger charge is 2.46. The number of methoxy groups -OCH3 is 1. The van der Waals surface area contributed by atoms with E-state index in [9.17, 15) is 9.18 Å². The summed E-state index contributed by atoms with van der Waals surface area (Å²) in [6.07, 6.45) is 5.06. The van der Waals surface area contributed by atoms with Gasteiger partial charge in [0.25, 0.3) is 0 Å². The average Bonchev–Trinajstić information content (AvgIpc) is 2.32. The number of ether oxygens (including phenoxy) is 1. The molecule has 3 nitrogen and oxygen atoms in total. The van der Waals surface area contributed by atoms with E-state index in [-0.39, 0.29) is 12.5 Å². The molecular formula is C11H20FNO2. The maximum atomic E-state index is 13.2. The predicted molar refractivity (Wildman–Crippen MR) is 56.1 cm³/mol. The van der Waals surface area contributed by atoms with Crippen LogP contribution in [-0.2, 0) is 9.53 Å². The van der Waals surface area contributed by atoms with Gasteiger partial charge in [-0.1, -0.05) is 19.3 Å². The van der Waals surface area contributed by atoms with Crippen molar-refractivity contribution < 1.29 is 13.9 Å². The van der Waals surface area contributed by atoms with Crippen molar-refractivity contribution in [2.75, 3.05) is 20.3 Å². The molecule has 0 radical (unpaired) electrons. The van der Waals surface area contributed by atoms with E-state index >= 15 is 0 Å². The summed E-state index contributed by atoms with van der Waals surface area (Å²) in [7, 11) is 1.30. The lowest BCUT2D eigenvalue weighted by atomic mass is 9.69. The summed E-state index contributed by atoms with van der Waals surface area (Å²) < 4.78 is 17.8. The van der Waals surface area contributed by atoms with Crippen molar-refractivity contribution in [3.63, 3.8) is 0 Å². The Labute approximate surface area is 90.2 Å². The number of esters is 1. The quantitative estimate of drug-likeness (QED) is 0.728. The third-order valence-corrected chi connectivity index (χ3v) is 3.58. The molecule has 0 spiro atoms. The van der Waals surface area contributed by atoms with Crippen LogP contribution >= 0.6 is 0 Å². The molecule has 1 atom stereocenters. The first-order chi connectivity index (χ1) is 7.21. The van der Waals surface area contributed by atoms with Gasteiger partial charge in [0.2, 0.25) is 0 Å². The number of rotatable bonds is 4. The number of carbonyl (C=O) groups excluding carboxylic acids is 1. The molecule has 0 amide bonds. The molecule has 1 unspecified atom stereocenters. The van der Waals surface area contributed by atoms with Crippen LogP contribution in [0.15, 0.2) is 0 Å². The number of alkyl halides is 1. The summed E-state index contributed by atoms with van der Waals surface area (Å²) in [4.78, 5) is 11.7. The van der Waals surface area contributed by atoms with Gasteiger partial charge in [0.15, 0.2) is 0 Å². The lowest BCUT2D eigenvalue weighted by Gasteiger charge is -2.37. The summed E-state index contributed by atoms with van der Waals surface area (Å²) in [6, 6.07) is 0. The minimum absolute atomic E-state index is 0.0425. The van der Waals surface area contributed by atoms with Crippen LogP contribution in [0.2, 0.25) is 0 Å². The Balaban J connectivity index is 2.82. The van der Waals surface area contributed by atoms with Crippen molar-refractivity contribution in [1.29, 1.82) is 0 Å². The van der Waals surface area contributed by atoms with E-state index in [1.807, 2.05) is 0 Å². The normalized spacial score (nSPS) is 22.1. The summed E-state index contributed by atoms with van der Waals surface area (Å²) in [5.74, 6) is -0.437. The van der Waals surface area contributed by atoms with Crippen molar-refractivity contribution in [3.8, 4) is 0 Å². The van der Waals surface area contributed by atoms with Gasteiger partial charge < -0.3 is 10.5 Å². The third-order valence-electron chi connectivity index (χ3n) is 3.58. The standard InChI is InChI=1S/C11H20FNO2/c1-15-10(14)11(7-12,8-13)9-5-3-2-4-6-9/h9H,2-8,13H2,1H3. The van der Waals surface area contributed by atoms with E-state index in [1.165, 1.54) is 13.5 Å². The zero-order valence-electron chi connectivity index (χ0n) is 9.30. The van der Waals surface area contributed by atoms with Gasteiger partial charge >= 0.3 is 5.97 Å². The van der Waals surface area contributed by atoms with Crippen LogP contribution in [0.4, 0.5) is 4.39 Å². The predicted octanol–water partition coefficient (Wildman–Crippen LogP) is 1.65. The molecule has 1 fully saturated rings. The second-order valence-corrected chi connectivity index (χ2v) is 4.32. The Kier molecular flexibility index (Phi) is 4.51. The first kappa shape index (κ1) is 12.4. The third kappa shape index (κ3) is 2.30. The summed E-state index contributed by atoms with van der Waals surface area (Å²) in [5.41, 5.74) is 4.50. The Morgan fingerprint density at radius 1 is 1.47 bits per heavy atom. The second-order valence-electron chi connectivity index (χ2n) is 4.32. The maximum Gasteiger partial charge on any atom is 0.316 e. The molecule has 1 aliphatic rings. The van der Waals surface area contributed by atoms with Crippen LogP contribution in [-0.4, -0.2) is 26.3 Å². The van der Waals surface area contributed by atoms with Gasteiger partial charge in [-0.3, -0.25) is 4.79 Å². The molecule has 2 N–H and O–H groups in total. The molecule has 0 heterocycles. The van der Waals surface area contributed by atoms with Crippen LogP contribution < -0.4 is 5.73 Å². The largest absolute Gasteiger partial charge is 0.468 e. The Morgan fingerprint density at radius 2 is 2.07 bits per heavy atom. The Morgan fingerprint density at radius 3 is 2.47 bits per heavy atom. The summed E-state index contributed by atoms with van der Waals surface area (Å²) >= 11 is 0. The number of nitrogens with two attached hydrogens (primary N) is 1. The summed E-state index contributed by atoms with van der Waals surface area (Å²) in [6.45, 7) is -0.665. The van der Waals surface area contributed by atoms with E-state index in [0.717, 1.165) is 25.7 Å². The second kappa shape index (κ2) is 5.45. The fourth-order valence-electron chi connectivity index (χ4n) is 2.49. The van der Waals surface area contributed by atoms with Crippen molar-refractivity contribution in [2.24, 2.45) is 17.1 Å². The minimum Gasteiger partial charge on any atom is -0.468 e. The van der Waals surface area contributed by atoms with Crippen LogP contribution in [0.1, 0.15) is 32.1 Å². The highest BCUT2D eigenvalue weighted by molar-refractivity contribution is 5.77. The van der Waals surface area contributed by atoms with E-state index in [1.54, 1.807) is 0 Å². The van der Waals surface area contributed by atoms with Gasteiger partial charge in [-0.05, 0) is 18.8 Å².